The van der Waals surface area contributed by atoms with E-state index in [9.17, 15) is 13.6 Å². The predicted octanol–water partition coefficient (Wildman–Crippen LogP) is 3.16. The van der Waals surface area contributed by atoms with Crippen LogP contribution in [0.15, 0.2) is 12.1 Å². The molecule has 0 aliphatic carbocycles. The Labute approximate surface area is 124 Å². The van der Waals surface area contributed by atoms with Gasteiger partial charge in [0.2, 0.25) is 0 Å². The van der Waals surface area contributed by atoms with Gasteiger partial charge in [0.05, 0.1) is 5.41 Å². The molecule has 0 amide bonds. The van der Waals surface area contributed by atoms with Crippen LogP contribution >= 0.6 is 22.6 Å². The molecule has 0 saturated heterocycles. The van der Waals surface area contributed by atoms with Gasteiger partial charge in [0.15, 0.2) is 0 Å². The van der Waals surface area contributed by atoms with Crippen LogP contribution < -0.4 is 5.32 Å². The third-order valence-corrected chi connectivity index (χ3v) is 3.78. The highest BCUT2D eigenvalue weighted by atomic mass is 127. The lowest BCUT2D eigenvalue weighted by atomic mass is 9.90. The van der Waals surface area contributed by atoms with Gasteiger partial charge in [0.25, 0.3) is 0 Å². The van der Waals surface area contributed by atoms with Crippen molar-refractivity contribution in [3.8, 4) is 0 Å². The van der Waals surface area contributed by atoms with Crippen LogP contribution in [0.25, 0.3) is 0 Å². The van der Waals surface area contributed by atoms with Crippen LogP contribution in [0, 0.1) is 20.6 Å². The highest BCUT2D eigenvalue weighted by Gasteiger charge is 2.26. The van der Waals surface area contributed by atoms with E-state index >= 15 is 0 Å². The molecule has 0 aromatic heterocycles. The number of carbonyl (C=O) groups is 1. The van der Waals surface area contributed by atoms with Crippen molar-refractivity contribution >= 4 is 28.6 Å². The molecule has 0 heterocycles. The molecule has 1 aromatic carbocycles. The Morgan fingerprint density at radius 2 is 2.05 bits per heavy atom. The Hall–Kier alpha value is -0.760. The average molecular weight is 383 g/mol. The molecule has 1 rings (SSSR count). The summed E-state index contributed by atoms with van der Waals surface area (Å²) in [5, 5.41) is 11.8. The highest BCUT2D eigenvalue weighted by molar-refractivity contribution is 14.1. The summed E-state index contributed by atoms with van der Waals surface area (Å²) in [7, 11) is 0. The van der Waals surface area contributed by atoms with Crippen molar-refractivity contribution in [2.45, 2.75) is 26.8 Å². The summed E-state index contributed by atoms with van der Waals surface area (Å²) in [6.07, 6.45) is 0.384. The molecule has 2 N–H and O–H groups in total. The van der Waals surface area contributed by atoms with Crippen molar-refractivity contribution in [2.75, 3.05) is 6.54 Å². The summed E-state index contributed by atoms with van der Waals surface area (Å²) in [4.78, 5) is 10.9. The summed E-state index contributed by atoms with van der Waals surface area (Å²) in [6, 6.07) is 2.60. The maximum absolute atomic E-state index is 13.7. The zero-order valence-corrected chi connectivity index (χ0v) is 12.9. The van der Waals surface area contributed by atoms with Crippen LogP contribution in [0.5, 0.6) is 0 Å². The second kappa shape index (κ2) is 6.60. The topological polar surface area (TPSA) is 49.3 Å². The Balaban J connectivity index is 2.55. The zero-order chi connectivity index (χ0) is 14.6. The monoisotopic (exact) mass is 383 g/mol. The zero-order valence-electron chi connectivity index (χ0n) is 10.8. The Kier molecular flexibility index (Phi) is 5.66. The van der Waals surface area contributed by atoms with E-state index in [-0.39, 0.29) is 12.1 Å². The quantitative estimate of drug-likeness (QED) is 0.451. The van der Waals surface area contributed by atoms with Gasteiger partial charge in [0.1, 0.15) is 11.6 Å². The van der Waals surface area contributed by atoms with Crippen molar-refractivity contribution < 1.29 is 18.7 Å². The highest BCUT2D eigenvalue weighted by Crippen LogP contribution is 2.20. The number of hydrogen-bond donors (Lipinski definition) is 2. The SMILES string of the molecule is CC(C)(CCNCc1c(F)ccc(I)c1F)C(=O)O. The second-order valence-electron chi connectivity index (χ2n) is 4.94. The number of benzene rings is 1. The van der Waals surface area contributed by atoms with E-state index in [1.54, 1.807) is 36.4 Å². The lowest BCUT2D eigenvalue weighted by molar-refractivity contribution is -0.147. The van der Waals surface area contributed by atoms with Crippen LogP contribution in [-0.2, 0) is 11.3 Å². The number of aliphatic carboxylic acids is 1. The van der Waals surface area contributed by atoms with E-state index in [1.807, 2.05) is 0 Å². The van der Waals surface area contributed by atoms with Gasteiger partial charge in [-0.1, -0.05) is 0 Å². The molecule has 0 radical (unpaired) electrons. The van der Waals surface area contributed by atoms with Gasteiger partial charge in [-0.3, -0.25) is 4.79 Å². The van der Waals surface area contributed by atoms with Crippen molar-refractivity contribution in [1.82, 2.24) is 5.32 Å². The summed E-state index contributed by atoms with van der Waals surface area (Å²) in [5.41, 5.74) is -0.866. The van der Waals surface area contributed by atoms with E-state index < -0.39 is 23.0 Å². The molecule has 0 spiro atoms. The fourth-order valence-corrected chi connectivity index (χ4v) is 1.96. The lowest BCUT2D eigenvalue weighted by Gasteiger charge is -2.19. The minimum atomic E-state index is -0.888. The molecule has 0 aliphatic rings. The van der Waals surface area contributed by atoms with E-state index in [4.69, 9.17) is 5.11 Å². The number of hydrogen-bond acceptors (Lipinski definition) is 2. The molecule has 106 valence electrons. The van der Waals surface area contributed by atoms with Crippen LogP contribution in [0.3, 0.4) is 0 Å². The first-order valence-corrected chi connectivity index (χ1v) is 6.90. The molecule has 19 heavy (non-hydrogen) atoms. The largest absolute Gasteiger partial charge is 0.481 e. The Morgan fingerprint density at radius 1 is 1.42 bits per heavy atom. The molecule has 1 aromatic rings. The molecule has 0 aliphatic heterocycles. The van der Waals surface area contributed by atoms with Gasteiger partial charge < -0.3 is 10.4 Å². The smallest absolute Gasteiger partial charge is 0.309 e. The first-order valence-electron chi connectivity index (χ1n) is 5.82. The maximum Gasteiger partial charge on any atom is 0.309 e. The molecule has 0 saturated carbocycles. The van der Waals surface area contributed by atoms with Crippen LogP contribution in [0.2, 0.25) is 0 Å². The van der Waals surface area contributed by atoms with E-state index in [1.165, 1.54) is 12.1 Å². The lowest BCUT2D eigenvalue weighted by Crippen LogP contribution is -2.29. The normalized spacial score (nSPS) is 11.6. The molecular formula is C13H16F2INO2. The van der Waals surface area contributed by atoms with Gasteiger partial charge >= 0.3 is 5.97 Å². The van der Waals surface area contributed by atoms with E-state index in [0.717, 1.165) is 0 Å². The number of rotatable bonds is 6. The fourth-order valence-electron chi connectivity index (χ4n) is 1.45. The minimum Gasteiger partial charge on any atom is -0.481 e. The van der Waals surface area contributed by atoms with Crippen LogP contribution in [0.1, 0.15) is 25.8 Å². The van der Waals surface area contributed by atoms with E-state index in [2.05, 4.69) is 5.32 Å². The summed E-state index contributed by atoms with van der Waals surface area (Å²) < 4.78 is 27.5. The molecule has 0 bridgehead atoms. The van der Waals surface area contributed by atoms with Gasteiger partial charge in [-0.05, 0) is 61.5 Å². The number of carboxylic acid groups (broad SMARTS) is 1. The predicted molar refractivity (Wildman–Crippen MR) is 76.8 cm³/mol. The van der Waals surface area contributed by atoms with Gasteiger partial charge in [-0.2, -0.15) is 0 Å². The first kappa shape index (κ1) is 16.3. The van der Waals surface area contributed by atoms with E-state index in [0.29, 0.717) is 16.5 Å². The van der Waals surface area contributed by atoms with Crippen molar-refractivity contribution in [3.63, 3.8) is 0 Å². The van der Waals surface area contributed by atoms with Gasteiger partial charge in [-0.25, -0.2) is 8.78 Å². The minimum absolute atomic E-state index is 0.0139. The Bertz CT molecular complexity index is 478. The third-order valence-electron chi connectivity index (χ3n) is 2.95. The summed E-state index contributed by atoms with van der Waals surface area (Å²) in [5.74, 6) is -2.05. The molecule has 0 unspecified atom stereocenters. The van der Waals surface area contributed by atoms with Crippen molar-refractivity contribution in [3.05, 3.63) is 32.9 Å². The molecule has 0 fully saturated rings. The average Bonchev–Trinajstić information content (AvgIpc) is 2.33. The molecule has 6 heteroatoms. The molecular weight excluding hydrogens is 367 g/mol. The molecule has 3 nitrogen and oxygen atoms in total. The third kappa shape index (κ3) is 4.38. The molecule has 0 atom stereocenters. The van der Waals surface area contributed by atoms with Gasteiger partial charge in [-0.15, -0.1) is 0 Å². The number of nitrogens with one attached hydrogen (secondary N) is 1. The van der Waals surface area contributed by atoms with Crippen molar-refractivity contribution in [2.24, 2.45) is 5.41 Å². The van der Waals surface area contributed by atoms with Crippen LogP contribution in [0.4, 0.5) is 8.78 Å². The van der Waals surface area contributed by atoms with Crippen molar-refractivity contribution in [1.29, 1.82) is 0 Å². The number of halogens is 3. The standard InChI is InChI=1S/C13H16F2INO2/c1-13(2,12(18)19)5-6-17-7-8-9(14)3-4-10(16)11(8)15/h3-4,17H,5-7H2,1-2H3,(H,18,19). The van der Waals surface area contributed by atoms with Crippen LogP contribution in [-0.4, -0.2) is 17.6 Å². The first-order chi connectivity index (χ1) is 8.75. The fraction of sp³-hybridized carbons (Fsp3) is 0.462. The summed E-state index contributed by atoms with van der Waals surface area (Å²) in [6.45, 7) is 3.65. The maximum atomic E-state index is 13.7. The Morgan fingerprint density at radius 3 is 2.63 bits per heavy atom. The van der Waals surface area contributed by atoms with Gasteiger partial charge in [0, 0.05) is 15.7 Å². The second-order valence-corrected chi connectivity index (χ2v) is 6.10. The number of carboxylic acids is 1. The summed E-state index contributed by atoms with van der Waals surface area (Å²) >= 11 is 1.80.